The fourth-order valence-corrected chi connectivity index (χ4v) is 6.09. The van der Waals surface area contributed by atoms with E-state index in [2.05, 4.69) is 10.1 Å². The Labute approximate surface area is 186 Å². The van der Waals surface area contributed by atoms with E-state index in [4.69, 9.17) is 16.1 Å². The first-order valence-corrected chi connectivity index (χ1v) is 12.0. The molecular weight excluding hydrogens is 438 g/mol. The molecule has 1 aliphatic rings. The topological polar surface area (TPSA) is 96.5 Å². The van der Waals surface area contributed by atoms with E-state index in [0.717, 1.165) is 30.4 Å². The highest BCUT2D eigenvalue weighted by molar-refractivity contribution is 7.89. The third kappa shape index (κ3) is 4.52. The van der Waals surface area contributed by atoms with E-state index in [9.17, 15) is 13.5 Å². The summed E-state index contributed by atoms with van der Waals surface area (Å²) in [5, 5.41) is 14.7. The molecule has 31 heavy (non-hydrogen) atoms. The maximum absolute atomic E-state index is 13.7. The van der Waals surface area contributed by atoms with Crippen LogP contribution in [0.15, 0.2) is 64.3 Å². The standard InChI is InChI=1S/C22H24ClN3O4S/c23-19-8-10-20(11-9-19)31(28,29)26(22(15-27)12-2-1-3-13-22)14-17-4-6-18(7-5-17)21-24-16-30-25-21/h4-11,16,27H,1-3,12-15H2. The Morgan fingerprint density at radius 3 is 2.29 bits per heavy atom. The van der Waals surface area contributed by atoms with Crippen molar-refractivity contribution in [1.82, 2.24) is 14.4 Å². The van der Waals surface area contributed by atoms with Crippen molar-refractivity contribution in [3.8, 4) is 11.4 Å². The van der Waals surface area contributed by atoms with Gasteiger partial charge in [0.1, 0.15) is 0 Å². The minimum absolute atomic E-state index is 0.151. The number of hydrogen-bond acceptors (Lipinski definition) is 6. The SMILES string of the molecule is O=S(=O)(c1ccc(Cl)cc1)N(Cc1ccc(-c2ncon2)cc1)C1(CO)CCCCC1. The first-order chi connectivity index (χ1) is 14.9. The fourth-order valence-electron chi connectivity index (χ4n) is 4.16. The number of aromatic nitrogens is 2. The van der Waals surface area contributed by atoms with Crippen LogP contribution in [-0.2, 0) is 16.6 Å². The van der Waals surface area contributed by atoms with Crippen LogP contribution < -0.4 is 0 Å². The van der Waals surface area contributed by atoms with E-state index < -0.39 is 15.6 Å². The van der Waals surface area contributed by atoms with Crippen LogP contribution in [0.1, 0.15) is 37.7 Å². The number of aliphatic hydroxyl groups excluding tert-OH is 1. The van der Waals surface area contributed by atoms with Gasteiger partial charge >= 0.3 is 0 Å². The van der Waals surface area contributed by atoms with Crippen molar-refractivity contribution < 1.29 is 18.0 Å². The summed E-state index contributed by atoms with van der Waals surface area (Å²) in [4.78, 5) is 4.20. The maximum atomic E-state index is 13.7. The average molecular weight is 462 g/mol. The van der Waals surface area contributed by atoms with E-state index in [1.54, 1.807) is 12.1 Å². The molecule has 4 rings (SSSR count). The molecule has 1 N–H and O–H groups in total. The second-order valence-corrected chi connectivity index (χ2v) is 10.2. The first-order valence-electron chi connectivity index (χ1n) is 10.2. The molecule has 1 aliphatic carbocycles. The van der Waals surface area contributed by atoms with Crippen molar-refractivity contribution in [2.24, 2.45) is 0 Å². The van der Waals surface area contributed by atoms with Gasteiger partial charge in [-0.05, 0) is 42.7 Å². The molecule has 0 atom stereocenters. The average Bonchev–Trinajstić information content (AvgIpc) is 3.33. The molecule has 1 aromatic heterocycles. The Balaban J connectivity index is 1.71. The molecule has 1 heterocycles. The van der Waals surface area contributed by atoms with Crippen molar-refractivity contribution in [3.05, 3.63) is 65.5 Å². The van der Waals surface area contributed by atoms with E-state index in [-0.39, 0.29) is 18.0 Å². The molecular formula is C22H24ClN3O4S. The van der Waals surface area contributed by atoms with Gasteiger partial charge in [0.2, 0.25) is 22.2 Å². The maximum Gasteiger partial charge on any atom is 0.243 e. The second-order valence-electron chi connectivity index (χ2n) is 7.86. The van der Waals surface area contributed by atoms with Crippen molar-refractivity contribution >= 4 is 21.6 Å². The zero-order valence-corrected chi connectivity index (χ0v) is 18.5. The minimum atomic E-state index is -3.86. The molecule has 164 valence electrons. The number of halogens is 1. The first kappa shape index (κ1) is 22.0. The van der Waals surface area contributed by atoms with Crippen LogP contribution in [0.4, 0.5) is 0 Å². The summed E-state index contributed by atoms with van der Waals surface area (Å²) in [7, 11) is -3.86. The van der Waals surface area contributed by atoms with Gasteiger partial charge in [0.25, 0.3) is 0 Å². The summed E-state index contributed by atoms with van der Waals surface area (Å²) in [6.45, 7) is -0.0706. The van der Waals surface area contributed by atoms with Gasteiger partial charge in [-0.3, -0.25) is 0 Å². The highest BCUT2D eigenvalue weighted by atomic mass is 35.5. The number of hydrogen-bond donors (Lipinski definition) is 1. The Bertz CT molecular complexity index is 1090. The van der Waals surface area contributed by atoms with Crippen LogP contribution in [0.25, 0.3) is 11.4 Å². The highest BCUT2D eigenvalue weighted by Crippen LogP contribution is 2.38. The lowest BCUT2D eigenvalue weighted by atomic mass is 9.82. The molecule has 7 nitrogen and oxygen atoms in total. The fraction of sp³-hybridized carbons (Fsp3) is 0.364. The summed E-state index contributed by atoms with van der Waals surface area (Å²) in [5.41, 5.74) is 0.755. The molecule has 3 aromatic rings. The summed E-state index contributed by atoms with van der Waals surface area (Å²) < 4.78 is 33.7. The van der Waals surface area contributed by atoms with Gasteiger partial charge in [0.05, 0.1) is 17.0 Å². The Hall–Kier alpha value is -2.26. The molecule has 0 radical (unpaired) electrons. The van der Waals surface area contributed by atoms with Gasteiger partial charge in [-0.25, -0.2) is 8.42 Å². The van der Waals surface area contributed by atoms with Gasteiger partial charge in [-0.2, -0.15) is 9.29 Å². The predicted molar refractivity (Wildman–Crippen MR) is 117 cm³/mol. The van der Waals surface area contributed by atoms with Gasteiger partial charge < -0.3 is 9.63 Å². The van der Waals surface area contributed by atoms with Crippen LogP contribution in [-0.4, -0.2) is 40.1 Å². The molecule has 0 bridgehead atoms. The minimum Gasteiger partial charge on any atom is -0.394 e. The number of nitrogens with zero attached hydrogens (tertiary/aromatic N) is 3. The van der Waals surface area contributed by atoms with Crippen LogP contribution in [0.5, 0.6) is 0 Å². The normalized spacial score (nSPS) is 16.5. The van der Waals surface area contributed by atoms with E-state index in [0.29, 0.717) is 23.7 Å². The van der Waals surface area contributed by atoms with Crippen molar-refractivity contribution in [3.63, 3.8) is 0 Å². The van der Waals surface area contributed by atoms with Crippen LogP contribution >= 0.6 is 11.6 Å². The lowest BCUT2D eigenvalue weighted by Gasteiger charge is -2.44. The third-order valence-corrected chi connectivity index (χ3v) is 8.13. The van der Waals surface area contributed by atoms with Gasteiger partial charge in [0, 0.05) is 17.1 Å². The second kappa shape index (κ2) is 9.08. The zero-order chi connectivity index (χ0) is 21.9. The van der Waals surface area contributed by atoms with E-state index in [1.165, 1.54) is 22.8 Å². The van der Waals surface area contributed by atoms with Crippen LogP contribution in [0.2, 0.25) is 5.02 Å². The van der Waals surface area contributed by atoms with Gasteiger partial charge in [-0.15, -0.1) is 0 Å². The summed E-state index contributed by atoms with van der Waals surface area (Å²) >= 11 is 5.97. The Morgan fingerprint density at radius 2 is 1.71 bits per heavy atom. The number of benzene rings is 2. The lowest BCUT2D eigenvalue weighted by molar-refractivity contribution is 0.0519. The monoisotopic (exact) mass is 461 g/mol. The van der Waals surface area contributed by atoms with Gasteiger partial charge in [-0.1, -0.05) is 60.3 Å². The predicted octanol–water partition coefficient (Wildman–Crippen LogP) is 4.28. The summed E-state index contributed by atoms with van der Waals surface area (Å²) in [6, 6.07) is 13.5. The zero-order valence-electron chi connectivity index (χ0n) is 16.9. The molecule has 0 amide bonds. The highest BCUT2D eigenvalue weighted by Gasteiger charge is 2.44. The Morgan fingerprint density at radius 1 is 1.03 bits per heavy atom. The molecule has 9 heteroatoms. The third-order valence-electron chi connectivity index (χ3n) is 5.91. The van der Waals surface area contributed by atoms with Crippen molar-refractivity contribution in [2.75, 3.05) is 6.61 Å². The number of sulfonamides is 1. The number of aliphatic hydroxyl groups is 1. The summed E-state index contributed by atoms with van der Waals surface area (Å²) in [6.07, 6.45) is 5.30. The number of rotatable bonds is 7. The molecule has 0 unspecified atom stereocenters. The Kier molecular flexibility index (Phi) is 6.43. The van der Waals surface area contributed by atoms with Crippen molar-refractivity contribution in [1.29, 1.82) is 0 Å². The molecule has 1 saturated carbocycles. The van der Waals surface area contributed by atoms with Crippen molar-refractivity contribution in [2.45, 2.75) is 49.1 Å². The van der Waals surface area contributed by atoms with E-state index >= 15 is 0 Å². The molecule has 2 aromatic carbocycles. The molecule has 0 saturated heterocycles. The molecule has 0 aliphatic heterocycles. The van der Waals surface area contributed by atoms with Crippen LogP contribution in [0.3, 0.4) is 0 Å². The largest absolute Gasteiger partial charge is 0.394 e. The molecule has 0 spiro atoms. The summed E-state index contributed by atoms with van der Waals surface area (Å²) in [5.74, 6) is 0.469. The lowest BCUT2D eigenvalue weighted by Crippen LogP contribution is -2.54. The quantitative estimate of drug-likeness (QED) is 0.564. The molecule has 1 fully saturated rings. The van der Waals surface area contributed by atoms with Crippen LogP contribution in [0, 0.1) is 0 Å². The van der Waals surface area contributed by atoms with Gasteiger partial charge in [0.15, 0.2) is 0 Å². The van der Waals surface area contributed by atoms with E-state index in [1.807, 2.05) is 24.3 Å². The smallest absolute Gasteiger partial charge is 0.243 e.